The molecule has 3 aliphatic carbocycles. The lowest BCUT2D eigenvalue weighted by atomic mass is 9.82. The van der Waals surface area contributed by atoms with E-state index in [-0.39, 0.29) is 11.7 Å². The molecule has 32 heavy (non-hydrogen) atoms. The molecule has 4 rings (SSSR count). The second kappa shape index (κ2) is 10.7. The van der Waals surface area contributed by atoms with Gasteiger partial charge in [0.15, 0.2) is 0 Å². The molecular weight excluding hydrogens is 425 g/mol. The van der Waals surface area contributed by atoms with Gasteiger partial charge in [0.25, 0.3) is 0 Å². The summed E-state index contributed by atoms with van der Waals surface area (Å²) >= 11 is 1.42. The van der Waals surface area contributed by atoms with Gasteiger partial charge in [0.2, 0.25) is 0 Å². The minimum Gasteiger partial charge on any atom is -0.477 e. The van der Waals surface area contributed by atoms with Gasteiger partial charge in [0.05, 0.1) is 17.6 Å². The van der Waals surface area contributed by atoms with Crippen molar-refractivity contribution in [3.8, 4) is 0 Å². The van der Waals surface area contributed by atoms with Gasteiger partial charge in [0.1, 0.15) is 4.88 Å². The summed E-state index contributed by atoms with van der Waals surface area (Å²) < 4.78 is 19.2. The summed E-state index contributed by atoms with van der Waals surface area (Å²) in [4.78, 5) is 16.3. The van der Waals surface area contributed by atoms with E-state index >= 15 is 0 Å². The Balaban J connectivity index is 1.61. The largest absolute Gasteiger partial charge is 0.477 e. The standard InChI is InChI=1S/C26H38FNO3S/c1-17-3-5-18(6-4-17)16-28(21-11-13-22(31-2)14-12-21)23-15-24(32-25(23)26(29)30)19-7-9-20(27)10-8-19/h9,15,17-19,21-22H,3-8,10-14,16H2,1-2H3,(H,29,30). The molecule has 4 nitrogen and oxygen atoms in total. The fourth-order valence-electron chi connectivity index (χ4n) is 5.85. The molecule has 3 aliphatic rings. The molecule has 1 aromatic heterocycles. The first kappa shape index (κ1) is 23.7. The summed E-state index contributed by atoms with van der Waals surface area (Å²) in [6, 6.07) is 2.51. The fourth-order valence-corrected chi connectivity index (χ4v) is 7.01. The molecule has 0 amide bonds. The second-order valence-corrected chi connectivity index (χ2v) is 11.3. The Morgan fingerprint density at radius 2 is 1.88 bits per heavy atom. The number of aromatic carboxylic acids is 1. The number of hydrogen-bond donors (Lipinski definition) is 1. The molecule has 6 heteroatoms. The number of carboxylic acid groups (broad SMARTS) is 1. The maximum atomic E-state index is 13.6. The number of methoxy groups -OCH3 is 1. The van der Waals surface area contributed by atoms with Crippen LogP contribution in [0.5, 0.6) is 0 Å². The topological polar surface area (TPSA) is 49.8 Å². The number of ether oxygens (including phenoxy) is 1. The third kappa shape index (κ3) is 5.56. The van der Waals surface area contributed by atoms with Crippen LogP contribution in [-0.4, -0.2) is 36.9 Å². The number of allylic oxidation sites excluding steroid dienone is 2. The van der Waals surface area contributed by atoms with Gasteiger partial charge in [-0.2, -0.15) is 0 Å². The van der Waals surface area contributed by atoms with Crippen LogP contribution < -0.4 is 4.90 Å². The molecule has 0 radical (unpaired) electrons. The summed E-state index contributed by atoms with van der Waals surface area (Å²) in [5, 5.41) is 10.1. The van der Waals surface area contributed by atoms with Crippen molar-refractivity contribution in [1.82, 2.24) is 0 Å². The lowest BCUT2D eigenvalue weighted by Gasteiger charge is -2.41. The Morgan fingerprint density at radius 3 is 2.47 bits per heavy atom. The number of carbonyl (C=O) groups is 1. The Kier molecular flexibility index (Phi) is 7.93. The molecule has 0 saturated heterocycles. The summed E-state index contributed by atoms with van der Waals surface area (Å²) in [6.07, 6.45) is 13.1. The predicted molar refractivity (Wildman–Crippen MR) is 129 cm³/mol. The third-order valence-electron chi connectivity index (χ3n) is 8.00. The van der Waals surface area contributed by atoms with Crippen molar-refractivity contribution in [3.05, 3.63) is 27.7 Å². The van der Waals surface area contributed by atoms with E-state index in [1.807, 2.05) is 0 Å². The SMILES string of the molecule is COC1CCC(N(CC2CCC(C)CC2)c2cc(C3CC=C(F)CC3)sc2C(=O)O)CC1. The van der Waals surface area contributed by atoms with E-state index in [0.29, 0.717) is 35.8 Å². The zero-order valence-corrected chi connectivity index (χ0v) is 20.3. The highest BCUT2D eigenvalue weighted by Gasteiger charge is 2.33. The number of anilines is 1. The highest BCUT2D eigenvalue weighted by atomic mass is 32.1. The maximum Gasteiger partial charge on any atom is 0.348 e. The number of hydrogen-bond acceptors (Lipinski definition) is 4. The Bertz CT molecular complexity index is 806. The van der Waals surface area contributed by atoms with E-state index in [0.717, 1.165) is 55.1 Å². The average Bonchev–Trinajstić information content (AvgIpc) is 3.25. The maximum absolute atomic E-state index is 13.6. The molecule has 0 spiro atoms. The van der Waals surface area contributed by atoms with E-state index in [1.54, 1.807) is 13.2 Å². The van der Waals surface area contributed by atoms with E-state index < -0.39 is 5.97 Å². The van der Waals surface area contributed by atoms with Crippen molar-refractivity contribution >= 4 is 23.0 Å². The summed E-state index contributed by atoms with van der Waals surface area (Å²) in [5.41, 5.74) is 0.909. The smallest absolute Gasteiger partial charge is 0.348 e. The Hall–Kier alpha value is -1.40. The molecule has 2 fully saturated rings. The predicted octanol–water partition coefficient (Wildman–Crippen LogP) is 7.16. The summed E-state index contributed by atoms with van der Waals surface area (Å²) in [6.45, 7) is 3.29. The lowest BCUT2D eigenvalue weighted by Crippen LogP contribution is -2.43. The molecule has 178 valence electrons. The van der Waals surface area contributed by atoms with Crippen molar-refractivity contribution in [2.75, 3.05) is 18.6 Å². The zero-order valence-electron chi connectivity index (χ0n) is 19.5. The monoisotopic (exact) mass is 463 g/mol. The number of thiophene rings is 1. The zero-order chi connectivity index (χ0) is 22.7. The molecule has 0 aromatic carbocycles. The summed E-state index contributed by atoms with van der Waals surface area (Å²) in [5.74, 6) is 0.802. The van der Waals surface area contributed by atoms with Crippen LogP contribution in [0.2, 0.25) is 0 Å². The van der Waals surface area contributed by atoms with Crippen LogP contribution >= 0.6 is 11.3 Å². The first-order valence-electron chi connectivity index (χ1n) is 12.5. The van der Waals surface area contributed by atoms with Crippen molar-refractivity contribution in [1.29, 1.82) is 0 Å². The first-order valence-corrected chi connectivity index (χ1v) is 13.3. The van der Waals surface area contributed by atoms with Gasteiger partial charge < -0.3 is 14.7 Å². The van der Waals surface area contributed by atoms with E-state index in [2.05, 4.69) is 17.9 Å². The van der Waals surface area contributed by atoms with Crippen LogP contribution in [0, 0.1) is 11.8 Å². The van der Waals surface area contributed by atoms with Gasteiger partial charge in [-0.05, 0) is 81.6 Å². The molecule has 1 atom stereocenters. The van der Waals surface area contributed by atoms with Crippen molar-refractivity contribution < 1.29 is 19.0 Å². The minimum absolute atomic E-state index is 0.0282. The second-order valence-electron chi connectivity index (χ2n) is 10.2. The van der Waals surface area contributed by atoms with Crippen LogP contribution in [-0.2, 0) is 4.74 Å². The normalized spacial score (nSPS) is 31.2. The van der Waals surface area contributed by atoms with Gasteiger partial charge in [-0.15, -0.1) is 11.3 Å². The highest BCUT2D eigenvalue weighted by molar-refractivity contribution is 7.14. The average molecular weight is 464 g/mol. The van der Waals surface area contributed by atoms with E-state index in [1.165, 1.54) is 37.0 Å². The molecule has 1 N–H and O–H groups in total. The van der Waals surface area contributed by atoms with Crippen molar-refractivity contribution in [2.45, 2.75) is 95.6 Å². The van der Waals surface area contributed by atoms with Crippen molar-refractivity contribution in [3.63, 3.8) is 0 Å². The molecule has 1 heterocycles. The molecule has 0 bridgehead atoms. The van der Waals surface area contributed by atoms with Gasteiger partial charge in [0, 0.05) is 24.6 Å². The van der Waals surface area contributed by atoms with E-state index in [9.17, 15) is 14.3 Å². The number of carboxylic acids is 1. The summed E-state index contributed by atoms with van der Waals surface area (Å²) in [7, 11) is 1.79. The molecule has 2 saturated carbocycles. The number of halogens is 1. The molecule has 1 aromatic rings. The van der Waals surface area contributed by atoms with Crippen LogP contribution in [0.25, 0.3) is 0 Å². The number of rotatable bonds is 7. The van der Waals surface area contributed by atoms with Gasteiger partial charge in [-0.1, -0.05) is 25.8 Å². The molecule has 1 unspecified atom stereocenters. The number of nitrogens with zero attached hydrogens (tertiary/aromatic N) is 1. The van der Waals surface area contributed by atoms with Crippen LogP contribution in [0.15, 0.2) is 18.0 Å². The van der Waals surface area contributed by atoms with Gasteiger partial charge in [-0.3, -0.25) is 0 Å². The Labute approximate surface area is 195 Å². The quantitative estimate of drug-likeness (QED) is 0.466. The highest BCUT2D eigenvalue weighted by Crippen LogP contribution is 2.43. The van der Waals surface area contributed by atoms with Crippen LogP contribution in [0.4, 0.5) is 10.1 Å². The Morgan fingerprint density at radius 1 is 1.16 bits per heavy atom. The third-order valence-corrected chi connectivity index (χ3v) is 9.28. The van der Waals surface area contributed by atoms with E-state index in [4.69, 9.17) is 4.74 Å². The molecule has 0 aliphatic heterocycles. The molecular formula is C26H38FNO3S. The van der Waals surface area contributed by atoms with Crippen molar-refractivity contribution in [2.24, 2.45) is 11.8 Å². The van der Waals surface area contributed by atoms with Gasteiger partial charge in [-0.25, -0.2) is 9.18 Å². The fraction of sp³-hybridized carbons (Fsp3) is 0.731. The lowest BCUT2D eigenvalue weighted by molar-refractivity contribution is 0.0647. The first-order chi connectivity index (χ1) is 15.4. The van der Waals surface area contributed by atoms with Crippen LogP contribution in [0.3, 0.4) is 0 Å². The van der Waals surface area contributed by atoms with Crippen LogP contribution in [0.1, 0.15) is 98.0 Å². The van der Waals surface area contributed by atoms with Gasteiger partial charge >= 0.3 is 5.97 Å². The minimum atomic E-state index is -0.832.